The van der Waals surface area contributed by atoms with Crippen molar-refractivity contribution in [2.24, 2.45) is 4.99 Å². The summed E-state index contributed by atoms with van der Waals surface area (Å²) in [5, 5.41) is 6.65. The van der Waals surface area contributed by atoms with E-state index in [9.17, 15) is 0 Å². The summed E-state index contributed by atoms with van der Waals surface area (Å²) >= 11 is 0. The zero-order valence-electron chi connectivity index (χ0n) is 15.6. The molecule has 0 aromatic heterocycles. The summed E-state index contributed by atoms with van der Waals surface area (Å²) in [7, 11) is 1.77. The summed E-state index contributed by atoms with van der Waals surface area (Å²) in [4.78, 5) is 4.70. The maximum Gasteiger partial charge on any atom is 0.191 e. The molecule has 0 aromatic rings. The molecule has 0 atom stereocenters. The van der Waals surface area contributed by atoms with E-state index in [1.165, 1.54) is 6.42 Å². The van der Waals surface area contributed by atoms with Crippen LogP contribution in [0.5, 0.6) is 0 Å². The highest BCUT2D eigenvalue weighted by Crippen LogP contribution is 2.24. The fourth-order valence-corrected chi connectivity index (χ4v) is 2.46. The van der Waals surface area contributed by atoms with Gasteiger partial charge in [-0.1, -0.05) is 13.3 Å². The molecule has 1 aliphatic rings. The second-order valence-corrected chi connectivity index (χ2v) is 5.94. The van der Waals surface area contributed by atoms with E-state index in [1.54, 1.807) is 7.11 Å². The predicted molar refractivity (Wildman–Crippen MR) is 110 cm³/mol. The highest BCUT2D eigenvalue weighted by molar-refractivity contribution is 14.0. The topological polar surface area (TPSA) is 64.1 Å². The van der Waals surface area contributed by atoms with E-state index in [1.807, 2.05) is 0 Å². The Bertz CT molecular complexity index is 324. The molecule has 1 heterocycles. The number of nitrogens with one attached hydrogen (secondary N) is 2. The van der Waals surface area contributed by atoms with Gasteiger partial charge in [0.1, 0.15) is 0 Å². The summed E-state index contributed by atoms with van der Waals surface area (Å²) in [6, 6.07) is 0. The van der Waals surface area contributed by atoms with Crippen molar-refractivity contribution < 1.29 is 14.2 Å². The van der Waals surface area contributed by atoms with Crippen molar-refractivity contribution >= 4 is 29.9 Å². The van der Waals surface area contributed by atoms with Gasteiger partial charge in [-0.2, -0.15) is 0 Å². The highest BCUT2D eigenvalue weighted by Gasteiger charge is 2.32. The minimum Gasteiger partial charge on any atom is -0.381 e. The van der Waals surface area contributed by atoms with Gasteiger partial charge in [-0.25, -0.2) is 0 Å². The van der Waals surface area contributed by atoms with E-state index in [0.29, 0.717) is 6.54 Å². The average molecular weight is 457 g/mol. The van der Waals surface area contributed by atoms with Gasteiger partial charge in [-0.3, -0.25) is 4.99 Å². The third kappa shape index (κ3) is 10.0. The van der Waals surface area contributed by atoms with Crippen molar-refractivity contribution in [1.82, 2.24) is 10.6 Å². The fraction of sp³-hybridized carbons (Fsp3) is 0.941. The number of methoxy groups -OCH3 is 1. The first kappa shape index (κ1) is 23.9. The van der Waals surface area contributed by atoms with Crippen LogP contribution in [0.3, 0.4) is 0 Å². The Morgan fingerprint density at radius 3 is 2.46 bits per heavy atom. The summed E-state index contributed by atoms with van der Waals surface area (Å²) in [5.74, 6) is 0.851. The molecule has 0 aromatic carbocycles. The summed E-state index contributed by atoms with van der Waals surface area (Å²) in [5.41, 5.74) is -0.177. The molecule has 0 aliphatic carbocycles. The Balaban J connectivity index is 0.00000529. The smallest absolute Gasteiger partial charge is 0.191 e. The van der Waals surface area contributed by atoms with Gasteiger partial charge in [0, 0.05) is 59.5 Å². The zero-order valence-corrected chi connectivity index (χ0v) is 17.9. The first-order valence-corrected chi connectivity index (χ1v) is 8.99. The van der Waals surface area contributed by atoms with Crippen molar-refractivity contribution in [3.05, 3.63) is 0 Å². The van der Waals surface area contributed by atoms with Gasteiger partial charge < -0.3 is 24.8 Å². The molecule has 1 saturated heterocycles. The lowest BCUT2D eigenvalue weighted by molar-refractivity contribution is -0.0828. The van der Waals surface area contributed by atoms with Crippen molar-refractivity contribution in [1.29, 1.82) is 0 Å². The van der Waals surface area contributed by atoms with E-state index in [0.717, 1.165) is 71.2 Å². The van der Waals surface area contributed by atoms with Crippen LogP contribution < -0.4 is 10.6 Å². The third-order valence-electron chi connectivity index (χ3n) is 4.11. The molecule has 0 unspecified atom stereocenters. The SMILES string of the molecule is CCCCOCCCNC(=NCC1(OC)CCOCC1)NCC.I. The Hall–Kier alpha value is -0.120. The first-order chi connectivity index (χ1) is 11.3. The number of hydrogen-bond acceptors (Lipinski definition) is 4. The zero-order chi connectivity index (χ0) is 16.8. The van der Waals surface area contributed by atoms with Crippen molar-refractivity contribution in [3.8, 4) is 0 Å². The molecule has 1 aliphatic heterocycles. The van der Waals surface area contributed by atoms with Crippen LogP contribution in [0, 0.1) is 0 Å². The van der Waals surface area contributed by atoms with E-state index < -0.39 is 0 Å². The Morgan fingerprint density at radius 2 is 1.83 bits per heavy atom. The van der Waals surface area contributed by atoms with Crippen molar-refractivity contribution in [2.45, 2.75) is 51.6 Å². The molecule has 1 rings (SSSR count). The lowest BCUT2D eigenvalue weighted by Crippen LogP contribution is -2.44. The Kier molecular flexibility index (Phi) is 15.1. The highest BCUT2D eigenvalue weighted by atomic mass is 127. The second kappa shape index (κ2) is 15.2. The molecular formula is C17H36IN3O3. The number of aliphatic imine (C=N–C) groups is 1. The van der Waals surface area contributed by atoms with Gasteiger partial charge in [0.15, 0.2) is 5.96 Å². The molecule has 0 amide bonds. The molecule has 0 radical (unpaired) electrons. The molecule has 2 N–H and O–H groups in total. The maximum atomic E-state index is 5.73. The summed E-state index contributed by atoms with van der Waals surface area (Å²) in [6.07, 6.45) is 5.11. The molecule has 6 nitrogen and oxygen atoms in total. The van der Waals surface area contributed by atoms with Crippen LogP contribution in [0.15, 0.2) is 4.99 Å². The van der Waals surface area contributed by atoms with Gasteiger partial charge in [-0.15, -0.1) is 24.0 Å². The number of halogens is 1. The Labute approximate surface area is 164 Å². The third-order valence-corrected chi connectivity index (χ3v) is 4.11. The number of hydrogen-bond donors (Lipinski definition) is 2. The molecule has 1 fully saturated rings. The molecule has 144 valence electrons. The van der Waals surface area contributed by atoms with Crippen LogP contribution in [0.2, 0.25) is 0 Å². The molecule has 24 heavy (non-hydrogen) atoms. The van der Waals surface area contributed by atoms with E-state index in [2.05, 4.69) is 24.5 Å². The van der Waals surface area contributed by atoms with Crippen LogP contribution >= 0.6 is 24.0 Å². The number of nitrogens with zero attached hydrogens (tertiary/aromatic N) is 1. The quantitative estimate of drug-likeness (QED) is 0.216. The minimum absolute atomic E-state index is 0. The molecule has 0 spiro atoms. The molecule has 0 saturated carbocycles. The number of ether oxygens (including phenoxy) is 3. The van der Waals surface area contributed by atoms with Crippen LogP contribution in [-0.2, 0) is 14.2 Å². The average Bonchev–Trinajstić information content (AvgIpc) is 2.59. The predicted octanol–water partition coefficient (Wildman–Crippen LogP) is 2.56. The summed E-state index contributed by atoms with van der Waals surface area (Å²) in [6.45, 7) is 9.79. The van der Waals surface area contributed by atoms with E-state index >= 15 is 0 Å². The van der Waals surface area contributed by atoms with Gasteiger partial charge in [-0.05, 0) is 19.8 Å². The van der Waals surface area contributed by atoms with Gasteiger partial charge in [0.2, 0.25) is 0 Å². The molecule has 0 bridgehead atoms. The van der Waals surface area contributed by atoms with Gasteiger partial charge in [0.25, 0.3) is 0 Å². The van der Waals surface area contributed by atoms with Crippen molar-refractivity contribution in [3.63, 3.8) is 0 Å². The minimum atomic E-state index is -0.177. The van der Waals surface area contributed by atoms with E-state index in [-0.39, 0.29) is 29.6 Å². The summed E-state index contributed by atoms with van der Waals surface area (Å²) < 4.78 is 16.7. The number of guanidine groups is 1. The lowest BCUT2D eigenvalue weighted by atomic mass is 9.94. The fourth-order valence-electron chi connectivity index (χ4n) is 2.46. The van der Waals surface area contributed by atoms with Gasteiger partial charge in [0.05, 0.1) is 12.1 Å². The van der Waals surface area contributed by atoms with Crippen LogP contribution in [0.4, 0.5) is 0 Å². The number of unbranched alkanes of at least 4 members (excludes halogenated alkanes) is 1. The van der Waals surface area contributed by atoms with Crippen LogP contribution in [-0.4, -0.2) is 64.7 Å². The van der Waals surface area contributed by atoms with Crippen LogP contribution in [0.1, 0.15) is 46.0 Å². The first-order valence-electron chi connectivity index (χ1n) is 8.99. The van der Waals surface area contributed by atoms with Gasteiger partial charge >= 0.3 is 0 Å². The van der Waals surface area contributed by atoms with Crippen LogP contribution in [0.25, 0.3) is 0 Å². The molecule has 7 heteroatoms. The lowest BCUT2D eigenvalue weighted by Gasteiger charge is -2.34. The monoisotopic (exact) mass is 457 g/mol. The number of rotatable bonds is 11. The standard InChI is InChI=1S/C17H35N3O3.HI/c1-4-6-11-22-12-7-10-19-16(18-5-2)20-15-17(21-3)8-13-23-14-9-17;/h4-15H2,1-3H3,(H2,18,19,20);1H. The molecular weight excluding hydrogens is 421 g/mol. The Morgan fingerprint density at radius 1 is 1.12 bits per heavy atom. The van der Waals surface area contributed by atoms with E-state index in [4.69, 9.17) is 19.2 Å². The normalized spacial score (nSPS) is 17.2. The van der Waals surface area contributed by atoms with Crippen molar-refractivity contribution in [2.75, 3.05) is 53.2 Å². The second-order valence-electron chi connectivity index (χ2n) is 5.94. The maximum absolute atomic E-state index is 5.73. The largest absolute Gasteiger partial charge is 0.381 e.